The average Bonchev–Trinajstić information content (AvgIpc) is 3.02. The van der Waals surface area contributed by atoms with Gasteiger partial charge in [-0.15, -0.1) is 0 Å². The van der Waals surface area contributed by atoms with Gasteiger partial charge in [-0.1, -0.05) is 0 Å². The zero-order valence-corrected chi connectivity index (χ0v) is 13.0. The van der Waals surface area contributed by atoms with Crippen LogP contribution in [0.25, 0.3) is 0 Å². The monoisotopic (exact) mass is 306 g/mol. The fourth-order valence-electron chi connectivity index (χ4n) is 2.70. The Morgan fingerprint density at radius 3 is 2.68 bits per heavy atom. The largest absolute Gasteiger partial charge is 0.497 e. The van der Waals surface area contributed by atoms with E-state index < -0.39 is 0 Å². The molecule has 0 spiro atoms. The van der Waals surface area contributed by atoms with E-state index >= 15 is 0 Å². The number of aryl methyl sites for hydroxylation is 1. The summed E-state index contributed by atoms with van der Waals surface area (Å²) in [5.41, 5.74) is 6.22. The fourth-order valence-corrected chi connectivity index (χ4v) is 2.70. The third kappa shape index (κ3) is 3.69. The molecule has 1 unspecified atom stereocenters. The first-order valence-corrected chi connectivity index (χ1v) is 7.33. The van der Waals surface area contributed by atoms with Crippen LogP contribution in [0.5, 0.6) is 11.5 Å². The molecule has 2 amide bonds. The summed E-state index contributed by atoms with van der Waals surface area (Å²) in [5, 5.41) is 0. The molecular weight excluding hydrogens is 284 g/mol. The lowest BCUT2D eigenvalue weighted by molar-refractivity contribution is -0.130. The van der Waals surface area contributed by atoms with Gasteiger partial charge >= 0.3 is 0 Å². The van der Waals surface area contributed by atoms with Gasteiger partial charge in [0.1, 0.15) is 11.5 Å². The van der Waals surface area contributed by atoms with Crippen LogP contribution in [0, 0.1) is 5.92 Å². The second-order valence-electron chi connectivity index (χ2n) is 5.41. The zero-order valence-electron chi connectivity index (χ0n) is 13.0. The second-order valence-corrected chi connectivity index (χ2v) is 5.41. The van der Waals surface area contributed by atoms with Crippen LogP contribution in [-0.4, -0.2) is 44.0 Å². The van der Waals surface area contributed by atoms with Gasteiger partial charge < -0.3 is 20.1 Å². The van der Waals surface area contributed by atoms with Gasteiger partial charge in [0.05, 0.1) is 20.1 Å². The second kappa shape index (κ2) is 7.15. The normalized spacial score (nSPS) is 17.4. The van der Waals surface area contributed by atoms with E-state index in [1.165, 1.54) is 0 Å². The average molecular weight is 306 g/mol. The molecule has 0 saturated carbocycles. The smallest absolute Gasteiger partial charge is 0.222 e. The molecule has 0 aromatic heterocycles. The molecule has 0 aliphatic carbocycles. The number of carbonyl (C=O) groups excluding carboxylic acids is 2. The number of likely N-dealkylation sites (tertiary alicyclic amines) is 1. The highest BCUT2D eigenvalue weighted by atomic mass is 16.5. The van der Waals surface area contributed by atoms with Crippen molar-refractivity contribution in [2.45, 2.75) is 19.3 Å². The summed E-state index contributed by atoms with van der Waals surface area (Å²) in [6.07, 6.45) is 1.59. The highest BCUT2D eigenvalue weighted by Gasteiger charge is 2.29. The van der Waals surface area contributed by atoms with Gasteiger partial charge in [-0.25, -0.2) is 0 Å². The number of ether oxygens (including phenoxy) is 2. The molecule has 1 atom stereocenters. The van der Waals surface area contributed by atoms with Gasteiger partial charge in [0.15, 0.2) is 0 Å². The number of rotatable bonds is 6. The van der Waals surface area contributed by atoms with Crippen LogP contribution in [0.4, 0.5) is 0 Å². The minimum Gasteiger partial charge on any atom is -0.497 e. The summed E-state index contributed by atoms with van der Waals surface area (Å²) in [7, 11) is 3.20. The molecule has 120 valence electrons. The third-order valence-corrected chi connectivity index (χ3v) is 4.04. The van der Waals surface area contributed by atoms with Crippen LogP contribution in [0.3, 0.4) is 0 Å². The van der Waals surface area contributed by atoms with Crippen molar-refractivity contribution in [3.8, 4) is 11.5 Å². The Kier molecular flexibility index (Phi) is 5.25. The zero-order chi connectivity index (χ0) is 16.1. The number of primary amides is 1. The highest BCUT2D eigenvalue weighted by Crippen LogP contribution is 2.26. The van der Waals surface area contributed by atoms with E-state index in [1.54, 1.807) is 19.1 Å². The van der Waals surface area contributed by atoms with Gasteiger partial charge in [-0.05, 0) is 36.6 Å². The Labute approximate surface area is 130 Å². The van der Waals surface area contributed by atoms with E-state index in [2.05, 4.69) is 0 Å². The maximum atomic E-state index is 12.2. The molecule has 0 radical (unpaired) electrons. The lowest BCUT2D eigenvalue weighted by atomic mass is 10.1. The van der Waals surface area contributed by atoms with Crippen LogP contribution < -0.4 is 15.2 Å². The van der Waals surface area contributed by atoms with Crippen LogP contribution in [0.15, 0.2) is 18.2 Å². The predicted molar refractivity (Wildman–Crippen MR) is 81.7 cm³/mol. The molecule has 2 N–H and O–H groups in total. The number of hydrogen-bond acceptors (Lipinski definition) is 4. The molecule has 22 heavy (non-hydrogen) atoms. The summed E-state index contributed by atoms with van der Waals surface area (Å²) in [6.45, 7) is 1.03. The van der Waals surface area contributed by atoms with Gasteiger partial charge in [0.25, 0.3) is 0 Å². The van der Waals surface area contributed by atoms with Crippen molar-refractivity contribution in [1.82, 2.24) is 4.90 Å². The van der Waals surface area contributed by atoms with Crippen molar-refractivity contribution in [3.63, 3.8) is 0 Å². The van der Waals surface area contributed by atoms with E-state index in [9.17, 15) is 9.59 Å². The Morgan fingerprint density at radius 1 is 1.32 bits per heavy atom. The molecular formula is C16H22N2O4. The van der Waals surface area contributed by atoms with E-state index in [1.807, 2.05) is 18.2 Å². The predicted octanol–water partition coefficient (Wildman–Crippen LogP) is 0.970. The van der Waals surface area contributed by atoms with E-state index in [0.29, 0.717) is 32.4 Å². The number of methoxy groups -OCH3 is 2. The van der Waals surface area contributed by atoms with Gasteiger partial charge in [0, 0.05) is 19.5 Å². The maximum Gasteiger partial charge on any atom is 0.222 e. The maximum absolute atomic E-state index is 12.2. The quantitative estimate of drug-likeness (QED) is 0.849. The molecule has 2 rings (SSSR count). The van der Waals surface area contributed by atoms with Crippen molar-refractivity contribution in [3.05, 3.63) is 23.8 Å². The standard InChI is InChI=1S/C16H22N2O4/c1-21-13-4-5-14(22-2)11(9-13)3-6-15(19)18-8-7-12(10-18)16(17)20/h4-5,9,12H,3,6-8,10H2,1-2H3,(H2,17,20). The Hall–Kier alpha value is -2.24. The number of hydrogen-bond donors (Lipinski definition) is 1. The minimum absolute atomic E-state index is 0.0358. The van der Waals surface area contributed by atoms with E-state index in [4.69, 9.17) is 15.2 Å². The first-order valence-electron chi connectivity index (χ1n) is 7.33. The number of amides is 2. The van der Waals surface area contributed by atoms with Crippen LogP contribution in [0.2, 0.25) is 0 Å². The molecule has 6 heteroatoms. The Morgan fingerprint density at radius 2 is 2.09 bits per heavy atom. The Balaban J connectivity index is 1.95. The topological polar surface area (TPSA) is 81.9 Å². The number of carbonyl (C=O) groups is 2. The summed E-state index contributed by atoms with van der Waals surface area (Å²) in [4.78, 5) is 25.1. The molecule has 1 heterocycles. The van der Waals surface area contributed by atoms with E-state index in [-0.39, 0.29) is 17.7 Å². The highest BCUT2D eigenvalue weighted by molar-refractivity contribution is 5.81. The van der Waals surface area contributed by atoms with Crippen molar-refractivity contribution in [2.75, 3.05) is 27.3 Å². The summed E-state index contributed by atoms with van der Waals surface area (Å²) in [5.74, 6) is 0.969. The van der Waals surface area contributed by atoms with E-state index in [0.717, 1.165) is 17.1 Å². The van der Waals surface area contributed by atoms with Crippen molar-refractivity contribution < 1.29 is 19.1 Å². The van der Waals surface area contributed by atoms with Crippen LogP contribution >= 0.6 is 0 Å². The summed E-state index contributed by atoms with van der Waals surface area (Å²) in [6, 6.07) is 5.53. The van der Waals surface area contributed by atoms with Crippen molar-refractivity contribution in [1.29, 1.82) is 0 Å². The Bertz CT molecular complexity index is 559. The van der Waals surface area contributed by atoms with Crippen molar-refractivity contribution in [2.24, 2.45) is 11.7 Å². The number of nitrogens with zero attached hydrogens (tertiary/aromatic N) is 1. The van der Waals surface area contributed by atoms with Gasteiger partial charge in [-0.3, -0.25) is 9.59 Å². The fraction of sp³-hybridized carbons (Fsp3) is 0.500. The minimum atomic E-state index is -0.329. The summed E-state index contributed by atoms with van der Waals surface area (Å²) < 4.78 is 10.5. The number of nitrogens with two attached hydrogens (primary N) is 1. The lowest BCUT2D eigenvalue weighted by Gasteiger charge is -2.16. The molecule has 1 saturated heterocycles. The molecule has 1 aliphatic rings. The van der Waals surface area contributed by atoms with Crippen molar-refractivity contribution >= 4 is 11.8 Å². The van der Waals surface area contributed by atoms with Crippen LogP contribution in [0.1, 0.15) is 18.4 Å². The lowest BCUT2D eigenvalue weighted by Crippen LogP contribution is -2.31. The third-order valence-electron chi connectivity index (χ3n) is 4.04. The molecule has 0 bridgehead atoms. The van der Waals surface area contributed by atoms with Gasteiger partial charge in [-0.2, -0.15) is 0 Å². The first-order chi connectivity index (χ1) is 10.5. The molecule has 1 aromatic rings. The SMILES string of the molecule is COc1ccc(OC)c(CCC(=O)N2CCC(C(N)=O)C2)c1. The first kappa shape index (κ1) is 16.1. The van der Waals surface area contributed by atoms with Crippen LogP contribution in [-0.2, 0) is 16.0 Å². The molecule has 6 nitrogen and oxygen atoms in total. The molecule has 1 aromatic carbocycles. The number of benzene rings is 1. The van der Waals surface area contributed by atoms with Gasteiger partial charge in [0.2, 0.25) is 11.8 Å². The molecule has 1 fully saturated rings. The molecule has 1 aliphatic heterocycles. The summed E-state index contributed by atoms with van der Waals surface area (Å²) >= 11 is 0.